The van der Waals surface area contributed by atoms with Crippen LogP contribution in [0, 0.1) is 0 Å². The third-order valence-electron chi connectivity index (χ3n) is 2.07. The van der Waals surface area contributed by atoms with Crippen LogP contribution in [0.5, 0.6) is 0 Å². The Morgan fingerprint density at radius 1 is 1.50 bits per heavy atom. The summed E-state index contributed by atoms with van der Waals surface area (Å²) < 4.78 is 10.1. The molecule has 1 unspecified atom stereocenters. The number of hydrogen-bond acceptors (Lipinski definition) is 3. The molecule has 0 heterocycles. The molecule has 1 saturated carbocycles. The number of methoxy groups -OCH3 is 2. The lowest BCUT2D eigenvalue weighted by Gasteiger charge is -2.20. The lowest BCUT2D eigenvalue weighted by Crippen LogP contribution is -2.41. The van der Waals surface area contributed by atoms with Crippen LogP contribution < -0.4 is 5.73 Å². The molecule has 0 bridgehead atoms. The van der Waals surface area contributed by atoms with Gasteiger partial charge in [0.05, 0.1) is 12.7 Å². The molecule has 0 aromatic carbocycles. The minimum Gasteiger partial charge on any atom is -0.382 e. The molecule has 0 aromatic rings. The fourth-order valence-corrected chi connectivity index (χ4v) is 1.09. The van der Waals surface area contributed by atoms with Gasteiger partial charge in [0.2, 0.25) is 0 Å². The summed E-state index contributed by atoms with van der Waals surface area (Å²) in [7, 11) is 3.34. The molecule has 0 aromatic heterocycles. The quantitative estimate of drug-likeness (QED) is 0.612. The van der Waals surface area contributed by atoms with E-state index in [0.717, 1.165) is 12.8 Å². The molecule has 0 saturated heterocycles. The predicted molar refractivity (Wildman–Crippen MR) is 38.8 cm³/mol. The second-order valence-corrected chi connectivity index (χ2v) is 2.91. The van der Waals surface area contributed by atoms with Crippen molar-refractivity contribution in [2.75, 3.05) is 20.8 Å². The molecule has 1 rings (SSSR count). The van der Waals surface area contributed by atoms with E-state index >= 15 is 0 Å². The smallest absolute Gasteiger partial charge is 0.0983 e. The largest absolute Gasteiger partial charge is 0.382 e. The number of hydrogen-bond donors (Lipinski definition) is 1. The molecule has 10 heavy (non-hydrogen) atoms. The van der Waals surface area contributed by atoms with Crippen LogP contribution in [0.3, 0.4) is 0 Å². The van der Waals surface area contributed by atoms with Crippen LogP contribution >= 0.6 is 0 Å². The Balaban J connectivity index is 2.33. The van der Waals surface area contributed by atoms with Gasteiger partial charge in [0.25, 0.3) is 0 Å². The monoisotopic (exact) mass is 145 g/mol. The van der Waals surface area contributed by atoms with Crippen LogP contribution in [0.1, 0.15) is 12.8 Å². The highest BCUT2D eigenvalue weighted by Crippen LogP contribution is 2.36. The molecule has 1 fully saturated rings. The molecule has 3 heteroatoms. The van der Waals surface area contributed by atoms with Gasteiger partial charge < -0.3 is 15.2 Å². The molecule has 0 spiro atoms. The average molecular weight is 145 g/mol. The van der Waals surface area contributed by atoms with Gasteiger partial charge in [-0.15, -0.1) is 0 Å². The van der Waals surface area contributed by atoms with E-state index in [4.69, 9.17) is 15.2 Å². The second kappa shape index (κ2) is 2.86. The third kappa shape index (κ3) is 1.48. The maximum absolute atomic E-state index is 5.88. The standard InChI is InChI=1S/C7H15NO2/c1-9-5-6(10-2)7(8)3-4-7/h6H,3-5,8H2,1-2H3. The molecule has 0 radical (unpaired) electrons. The molecule has 3 nitrogen and oxygen atoms in total. The fraction of sp³-hybridized carbons (Fsp3) is 1.00. The summed E-state index contributed by atoms with van der Waals surface area (Å²) >= 11 is 0. The van der Waals surface area contributed by atoms with Crippen LogP contribution in [0.15, 0.2) is 0 Å². The van der Waals surface area contributed by atoms with Crippen molar-refractivity contribution in [3.05, 3.63) is 0 Å². The van der Waals surface area contributed by atoms with E-state index in [2.05, 4.69) is 0 Å². The minimum absolute atomic E-state index is 0.0786. The summed E-state index contributed by atoms with van der Waals surface area (Å²) in [5, 5.41) is 0. The summed E-state index contributed by atoms with van der Waals surface area (Å²) in [6.45, 7) is 0.604. The Morgan fingerprint density at radius 2 is 2.10 bits per heavy atom. The van der Waals surface area contributed by atoms with Crippen molar-refractivity contribution < 1.29 is 9.47 Å². The van der Waals surface area contributed by atoms with Crippen molar-refractivity contribution in [2.45, 2.75) is 24.5 Å². The molecule has 1 aliphatic carbocycles. The van der Waals surface area contributed by atoms with Crippen molar-refractivity contribution >= 4 is 0 Å². The zero-order chi connectivity index (χ0) is 7.61. The molecule has 60 valence electrons. The van der Waals surface area contributed by atoms with E-state index in [1.54, 1.807) is 14.2 Å². The van der Waals surface area contributed by atoms with E-state index in [1.165, 1.54) is 0 Å². The average Bonchev–Trinajstić information content (AvgIpc) is 2.64. The van der Waals surface area contributed by atoms with Crippen LogP contribution in [-0.4, -0.2) is 32.5 Å². The van der Waals surface area contributed by atoms with Gasteiger partial charge in [-0.25, -0.2) is 0 Å². The van der Waals surface area contributed by atoms with Crippen LogP contribution in [-0.2, 0) is 9.47 Å². The van der Waals surface area contributed by atoms with E-state index in [1.807, 2.05) is 0 Å². The number of rotatable bonds is 4. The van der Waals surface area contributed by atoms with Crippen molar-refractivity contribution in [3.63, 3.8) is 0 Å². The van der Waals surface area contributed by atoms with Crippen LogP contribution in [0.4, 0.5) is 0 Å². The highest BCUT2D eigenvalue weighted by Gasteiger charge is 2.46. The van der Waals surface area contributed by atoms with Crippen molar-refractivity contribution in [2.24, 2.45) is 5.73 Å². The molecular weight excluding hydrogens is 130 g/mol. The molecule has 0 amide bonds. The normalized spacial score (nSPS) is 24.3. The third-order valence-corrected chi connectivity index (χ3v) is 2.07. The maximum Gasteiger partial charge on any atom is 0.0983 e. The number of ether oxygens (including phenoxy) is 2. The lowest BCUT2D eigenvalue weighted by molar-refractivity contribution is 0.00677. The first-order chi connectivity index (χ1) is 4.73. The number of nitrogens with two attached hydrogens (primary N) is 1. The highest BCUT2D eigenvalue weighted by atomic mass is 16.5. The van der Waals surface area contributed by atoms with E-state index in [0.29, 0.717) is 6.61 Å². The lowest BCUT2D eigenvalue weighted by atomic mass is 10.1. The topological polar surface area (TPSA) is 44.5 Å². The summed E-state index contributed by atoms with van der Waals surface area (Å²) in [4.78, 5) is 0. The summed E-state index contributed by atoms with van der Waals surface area (Å²) in [5.41, 5.74) is 5.80. The van der Waals surface area contributed by atoms with E-state index < -0.39 is 0 Å². The Labute approximate surface area is 61.5 Å². The summed E-state index contributed by atoms with van der Waals surface area (Å²) in [5.74, 6) is 0. The fourth-order valence-electron chi connectivity index (χ4n) is 1.09. The van der Waals surface area contributed by atoms with E-state index in [9.17, 15) is 0 Å². The van der Waals surface area contributed by atoms with Crippen LogP contribution in [0.2, 0.25) is 0 Å². The van der Waals surface area contributed by atoms with Gasteiger partial charge in [0.1, 0.15) is 0 Å². The molecule has 2 N–H and O–H groups in total. The molecule has 1 atom stereocenters. The van der Waals surface area contributed by atoms with Gasteiger partial charge in [-0.1, -0.05) is 0 Å². The molecule has 0 aliphatic heterocycles. The Morgan fingerprint density at radius 3 is 2.40 bits per heavy atom. The SMILES string of the molecule is COCC(OC)C1(N)CC1. The van der Waals surface area contributed by atoms with Gasteiger partial charge >= 0.3 is 0 Å². The van der Waals surface area contributed by atoms with Gasteiger partial charge in [0.15, 0.2) is 0 Å². The van der Waals surface area contributed by atoms with Gasteiger partial charge in [-0.2, -0.15) is 0 Å². The zero-order valence-corrected chi connectivity index (χ0v) is 6.59. The minimum atomic E-state index is -0.0786. The Bertz CT molecular complexity index is 112. The zero-order valence-electron chi connectivity index (χ0n) is 6.59. The van der Waals surface area contributed by atoms with E-state index in [-0.39, 0.29) is 11.6 Å². The van der Waals surface area contributed by atoms with Crippen molar-refractivity contribution in [1.29, 1.82) is 0 Å². The molecule has 1 aliphatic rings. The van der Waals surface area contributed by atoms with Crippen LogP contribution in [0.25, 0.3) is 0 Å². The Hall–Kier alpha value is -0.120. The maximum atomic E-state index is 5.88. The highest BCUT2D eigenvalue weighted by molar-refractivity contribution is 5.05. The Kier molecular flexibility index (Phi) is 2.28. The first kappa shape index (κ1) is 7.98. The van der Waals surface area contributed by atoms with Crippen molar-refractivity contribution in [1.82, 2.24) is 0 Å². The predicted octanol–water partition coefficient (Wildman–Crippen LogP) is 0.139. The summed E-state index contributed by atoms with van der Waals surface area (Å²) in [6, 6.07) is 0. The van der Waals surface area contributed by atoms with Gasteiger partial charge in [-0.05, 0) is 12.8 Å². The van der Waals surface area contributed by atoms with Crippen molar-refractivity contribution in [3.8, 4) is 0 Å². The first-order valence-corrected chi connectivity index (χ1v) is 3.53. The second-order valence-electron chi connectivity index (χ2n) is 2.91. The van der Waals surface area contributed by atoms with Gasteiger partial charge in [0, 0.05) is 19.8 Å². The first-order valence-electron chi connectivity index (χ1n) is 3.53. The molecular formula is C7H15NO2. The van der Waals surface area contributed by atoms with Gasteiger partial charge in [-0.3, -0.25) is 0 Å². The summed E-state index contributed by atoms with van der Waals surface area (Å²) in [6.07, 6.45) is 2.21.